The van der Waals surface area contributed by atoms with Crippen molar-refractivity contribution >= 4 is 11.7 Å². The number of halogens is 1. The molecule has 0 spiro atoms. The lowest BCUT2D eigenvalue weighted by Gasteiger charge is -2.37. The summed E-state index contributed by atoms with van der Waals surface area (Å²) in [5.41, 5.74) is 5.08. The summed E-state index contributed by atoms with van der Waals surface area (Å²) in [7, 11) is 0. The quantitative estimate of drug-likeness (QED) is 0.694. The Hall–Kier alpha value is -1.72. The van der Waals surface area contributed by atoms with E-state index in [1.54, 1.807) is 4.90 Å². The van der Waals surface area contributed by atoms with Gasteiger partial charge in [-0.1, -0.05) is 0 Å². The maximum Gasteiger partial charge on any atom is 0.255 e. The molecule has 0 saturated carbocycles. The maximum atomic E-state index is 13.1. The number of aromatic nitrogens is 2. The van der Waals surface area contributed by atoms with Gasteiger partial charge >= 0.3 is 0 Å². The number of primary amides is 1. The van der Waals surface area contributed by atoms with Gasteiger partial charge in [-0.3, -0.25) is 4.79 Å². The van der Waals surface area contributed by atoms with E-state index in [9.17, 15) is 9.18 Å². The van der Waals surface area contributed by atoms with E-state index < -0.39 is 5.95 Å². The van der Waals surface area contributed by atoms with Gasteiger partial charge in [-0.2, -0.15) is 4.39 Å². The average Bonchev–Trinajstić information content (AvgIpc) is 2.05. The number of hydrogen-bond acceptors (Lipinski definition) is 4. The van der Waals surface area contributed by atoms with Crippen LogP contribution in [0.2, 0.25) is 0 Å². The summed E-state index contributed by atoms with van der Waals surface area (Å²) in [6, 6.07) is 0. The molecule has 1 fully saturated rings. The summed E-state index contributed by atoms with van der Waals surface area (Å²) in [5.74, 6) is -0.984. The zero-order chi connectivity index (χ0) is 10.1. The van der Waals surface area contributed by atoms with Crippen molar-refractivity contribution in [2.75, 3.05) is 18.0 Å². The van der Waals surface area contributed by atoms with Crippen molar-refractivity contribution < 1.29 is 9.18 Å². The van der Waals surface area contributed by atoms with E-state index in [-0.39, 0.29) is 17.6 Å². The molecule has 2 heterocycles. The zero-order valence-corrected chi connectivity index (χ0v) is 7.35. The van der Waals surface area contributed by atoms with Gasteiger partial charge in [-0.25, -0.2) is 9.97 Å². The van der Waals surface area contributed by atoms with Gasteiger partial charge in [-0.15, -0.1) is 0 Å². The van der Waals surface area contributed by atoms with Crippen molar-refractivity contribution in [2.45, 2.75) is 0 Å². The lowest BCUT2D eigenvalue weighted by molar-refractivity contribution is -0.122. The Labute approximate surface area is 79.8 Å². The van der Waals surface area contributed by atoms with Crippen LogP contribution in [0.3, 0.4) is 0 Å². The number of anilines is 1. The van der Waals surface area contributed by atoms with Crippen molar-refractivity contribution in [3.8, 4) is 0 Å². The highest BCUT2D eigenvalue weighted by Crippen LogP contribution is 2.23. The van der Waals surface area contributed by atoms with Gasteiger partial charge in [0.05, 0.1) is 5.92 Å². The van der Waals surface area contributed by atoms with Gasteiger partial charge in [0.25, 0.3) is 5.95 Å². The molecule has 1 aromatic heterocycles. The maximum absolute atomic E-state index is 13.1. The number of carbonyl (C=O) groups is 1. The van der Waals surface area contributed by atoms with Gasteiger partial charge in [-0.05, 0) is 0 Å². The molecular weight excluding hydrogens is 187 g/mol. The second-order valence-corrected chi connectivity index (χ2v) is 3.18. The molecule has 2 rings (SSSR count). The van der Waals surface area contributed by atoms with Crippen molar-refractivity contribution in [2.24, 2.45) is 11.7 Å². The van der Waals surface area contributed by atoms with Crippen LogP contribution >= 0.6 is 0 Å². The molecule has 0 aliphatic carbocycles. The normalized spacial score (nSPS) is 16.5. The number of nitrogens with zero attached hydrogens (tertiary/aromatic N) is 3. The predicted octanol–water partition coefficient (Wildman–Crippen LogP) is -0.463. The lowest BCUT2D eigenvalue weighted by atomic mass is 10.00. The SMILES string of the molecule is NC(=O)C1CN(c2nccnc2F)C1. The van der Waals surface area contributed by atoms with E-state index >= 15 is 0 Å². The Morgan fingerprint density at radius 3 is 2.71 bits per heavy atom. The third kappa shape index (κ3) is 1.39. The Morgan fingerprint density at radius 1 is 1.50 bits per heavy atom. The highest BCUT2D eigenvalue weighted by Gasteiger charge is 2.33. The van der Waals surface area contributed by atoms with Gasteiger partial charge in [0.15, 0.2) is 5.82 Å². The van der Waals surface area contributed by atoms with Crippen LogP contribution in [-0.4, -0.2) is 29.0 Å². The van der Waals surface area contributed by atoms with Crippen LogP contribution in [0, 0.1) is 11.9 Å². The molecule has 0 unspecified atom stereocenters. The smallest absolute Gasteiger partial charge is 0.255 e. The summed E-state index contributed by atoms with van der Waals surface area (Å²) in [4.78, 5) is 19.6. The molecule has 74 valence electrons. The number of amides is 1. The van der Waals surface area contributed by atoms with E-state index in [2.05, 4.69) is 9.97 Å². The van der Waals surface area contributed by atoms with E-state index in [1.807, 2.05) is 0 Å². The Bertz CT molecular complexity index is 364. The second kappa shape index (κ2) is 3.21. The van der Waals surface area contributed by atoms with Crippen molar-refractivity contribution in [3.05, 3.63) is 18.3 Å². The third-order valence-corrected chi connectivity index (χ3v) is 2.22. The molecule has 0 aromatic carbocycles. The molecule has 1 aliphatic heterocycles. The third-order valence-electron chi connectivity index (χ3n) is 2.22. The van der Waals surface area contributed by atoms with E-state index in [1.165, 1.54) is 12.4 Å². The zero-order valence-electron chi connectivity index (χ0n) is 7.35. The summed E-state index contributed by atoms with van der Waals surface area (Å²) >= 11 is 0. The summed E-state index contributed by atoms with van der Waals surface area (Å²) in [5, 5.41) is 0. The first-order valence-electron chi connectivity index (χ1n) is 4.19. The summed E-state index contributed by atoms with van der Waals surface area (Å²) < 4.78 is 13.1. The highest BCUT2D eigenvalue weighted by molar-refractivity contribution is 5.79. The van der Waals surface area contributed by atoms with E-state index in [0.717, 1.165) is 0 Å². The molecule has 5 nitrogen and oxygen atoms in total. The van der Waals surface area contributed by atoms with Gasteiger partial charge < -0.3 is 10.6 Å². The molecule has 1 aliphatic rings. The molecule has 2 N–H and O–H groups in total. The first kappa shape index (κ1) is 8.86. The van der Waals surface area contributed by atoms with Crippen molar-refractivity contribution in [1.82, 2.24) is 9.97 Å². The molecule has 0 radical (unpaired) electrons. The van der Waals surface area contributed by atoms with Gasteiger partial charge in [0.2, 0.25) is 5.91 Å². The Morgan fingerprint density at radius 2 is 2.14 bits per heavy atom. The van der Waals surface area contributed by atoms with Crippen LogP contribution in [0.15, 0.2) is 12.4 Å². The van der Waals surface area contributed by atoms with Gasteiger partial charge in [0, 0.05) is 25.5 Å². The predicted molar refractivity (Wildman–Crippen MR) is 46.9 cm³/mol. The monoisotopic (exact) mass is 196 g/mol. The average molecular weight is 196 g/mol. The minimum Gasteiger partial charge on any atom is -0.369 e. The molecule has 1 amide bonds. The number of nitrogens with two attached hydrogens (primary N) is 1. The van der Waals surface area contributed by atoms with Crippen LogP contribution < -0.4 is 10.6 Å². The molecule has 1 aromatic rings. The summed E-state index contributed by atoms with van der Waals surface area (Å²) in [6.07, 6.45) is 2.69. The van der Waals surface area contributed by atoms with Gasteiger partial charge in [0.1, 0.15) is 0 Å². The highest BCUT2D eigenvalue weighted by atomic mass is 19.1. The van der Waals surface area contributed by atoms with Crippen LogP contribution in [0.4, 0.5) is 10.2 Å². The topological polar surface area (TPSA) is 72.1 Å². The fraction of sp³-hybridized carbons (Fsp3) is 0.375. The molecule has 6 heteroatoms. The Kier molecular flexibility index (Phi) is 2.03. The number of carbonyl (C=O) groups excluding carboxylic acids is 1. The molecular formula is C8H9FN4O. The minimum absolute atomic E-state index is 0.185. The van der Waals surface area contributed by atoms with Crippen molar-refractivity contribution in [3.63, 3.8) is 0 Å². The van der Waals surface area contributed by atoms with Crippen LogP contribution in [0.5, 0.6) is 0 Å². The molecule has 14 heavy (non-hydrogen) atoms. The largest absolute Gasteiger partial charge is 0.369 e. The molecule has 0 bridgehead atoms. The fourth-order valence-corrected chi connectivity index (χ4v) is 1.36. The standard InChI is InChI=1S/C8H9FN4O/c9-6-8(12-2-1-11-6)13-3-5(4-13)7(10)14/h1-2,5H,3-4H2,(H2,10,14). The van der Waals surface area contributed by atoms with Crippen molar-refractivity contribution in [1.29, 1.82) is 0 Å². The minimum atomic E-state index is -0.615. The second-order valence-electron chi connectivity index (χ2n) is 3.18. The molecule has 1 saturated heterocycles. The first-order chi connectivity index (χ1) is 6.68. The van der Waals surface area contributed by atoms with E-state index in [0.29, 0.717) is 13.1 Å². The fourth-order valence-electron chi connectivity index (χ4n) is 1.36. The first-order valence-corrected chi connectivity index (χ1v) is 4.19. The number of rotatable bonds is 2. The Balaban J connectivity index is 2.07. The van der Waals surface area contributed by atoms with Crippen LogP contribution in [0.25, 0.3) is 0 Å². The van der Waals surface area contributed by atoms with Crippen LogP contribution in [-0.2, 0) is 4.79 Å². The lowest BCUT2D eigenvalue weighted by Crippen LogP contribution is -2.53. The molecule has 0 atom stereocenters. The van der Waals surface area contributed by atoms with E-state index in [4.69, 9.17) is 5.73 Å². The number of hydrogen-bond donors (Lipinski definition) is 1. The van der Waals surface area contributed by atoms with Crippen LogP contribution in [0.1, 0.15) is 0 Å². The summed E-state index contributed by atoms with van der Waals surface area (Å²) in [6.45, 7) is 0.843.